The smallest absolute Gasteiger partial charge is 0.343 e. The molecule has 2 aromatic carbocycles. The van der Waals surface area contributed by atoms with Crippen LogP contribution in [-0.2, 0) is 0 Å². The van der Waals surface area contributed by atoms with Crippen LogP contribution in [0.25, 0.3) is 0 Å². The van der Waals surface area contributed by atoms with Crippen molar-refractivity contribution in [3.8, 4) is 5.75 Å². The van der Waals surface area contributed by atoms with E-state index in [4.69, 9.17) is 4.74 Å². The fraction of sp³-hybridized carbons (Fsp3) is 0.409. The van der Waals surface area contributed by atoms with E-state index >= 15 is 0 Å². The lowest BCUT2D eigenvalue weighted by Gasteiger charge is -2.28. The minimum atomic E-state index is -0.300. The Bertz CT molecular complexity index is 662. The summed E-state index contributed by atoms with van der Waals surface area (Å²) in [7, 11) is 0. The summed E-state index contributed by atoms with van der Waals surface area (Å²) in [6, 6.07) is 15.5. The van der Waals surface area contributed by atoms with Gasteiger partial charge in [0.05, 0.1) is 5.56 Å². The van der Waals surface area contributed by atoms with E-state index in [0.717, 1.165) is 11.5 Å². The lowest BCUT2D eigenvalue weighted by atomic mass is 9.78. The summed E-state index contributed by atoms with van der Waals surface area (Å²) >= 11 is 0. The number of carbonyl (C=O) groups excluding carboxylic acids is 1. The van der Waals surface area contributed by atoms with E-state index in [1.54, 1.807) is 12.1 Å². The third kappa shape index (κ3) is 4.05. The van der Waals surface area contributed by atoms with Crippen molar-refractivity contribution in [1.29, 1.82) is 0 Å². The van der Waals surface area contributed by atoms with Gasteiger partial charge in [-0.15, -0.1) is 0 Å². The van der Waals surface area contributed by atoms with Gasteiger partial charge in [0.25, 0.3) is 0 Å². The second-order valence-corrected chi connectivity index (χ2v) is 6.95. The molecule has 3 rings (SSSR count). The summed E-state index contributed by atoms with van der Waals surface area (Å²) in [4.78, 5) is 12.2. The first-order valence-corrected chi connectivity index (χ1v) is 9.04. The second kappa shape index (κ2) is 7.65. The minimum absolute atomic E-state index is 0.300. The van der Waals surface area contributed by atoms with E-state index in [2.05, 4.69) is 19.1 Å². The molecule has 0 atom stereocenters. The Kier molecular flexibility index (Phi) is 5.34. The zero-order valence-electron chi connectivity index (χ0n) is 14.6. The molecule has 0 aliphatic heterocycles. The van der Waals surface area contributed by atoms with Crippen LogP contribution >= 0.6 is 0 Å². The molecule has 0 spiro atoms. The molecule has 1 fully saturated rings. The second-order valence-electron chi connectivity index (χ2n) is 6.95. The highest BCUT2D eigenvalue weighted by molar-refractivity contribution is 5.91. The van der Waals surface area contributed by atoms with Gasteiger partial charge in [-0.25, -0.2) is 4.79 Å². The molecule has 0 aromatic heterocycles. The molecule has 2 nitrogen and oxygen atoms in total. The molecular weight excluding hydrogens is 296 g/mol. The summed E-state index contributed by atoms with van der Waals surface area (Å²) < 4.78 is 5.48. The fourth-order valence-electron chi connectivity index (χ4n) is 3.57. The zero-order valence-corrected chi connectivity index (χ0v) is 14.6. The van der Waals surface area contributed by atoms with Crippen molar-refractivity contribution in [2.75, 3.05) is 0 Å². The van der Waals surface area contributed by atoms with Crippen molar-refractivity contribution in [3.63, 3.8) is 0 Å². The van der Waals surface area contributed by atoms with Gasteiger partial charge in [-0.1, -0.05) is 43.2 Å². The first-order valence-electron chi connectivity index (χ1n) is 9.04. The largest absolute Gasteiger partial charge is 0.423 e. The third-order valence-electron chi connectivity index (χ3n) is 5.27. The van der Waals surface area contributed by atoms with Crippen LogP contribution in [0.15, 0.2) is 48.5 Å². The van der Waals surface area contributed by atoms with Crippen LogP contribution in [-0.4, -0.2) is 5.97 Å². The Labute approximate surface area is 144 Å². The fourth-order valence-corrected chi connectivity index (χ4v) is 3.57. The van der Waals surface area contributed by atoms with E-state index in [1.165, 1.54) is 37.7 Å². The summed E-state index contributed by atoms with van der Waals surface area (Å²) in [5.74, 6) is 1.89. The third-order valence-corrected chi connectivity index (χ3v) is 5.27. The molecule has 0 heterocycles. The zero-order chi connectivity index (χ0) is 16.9. The van der Waals surface area contributed by atoms with Crippen LogP contribution in [0.2, 0.25) is 0 Å². The van der Waals surface area contributed by atoms with Crippen molar-refractivity contribution in [2.45, 2.75) is 51.9 Å². The van der Waals surface area contributed by atoms with Crippen molar-refractivity contribution in [2.24, 2.45) is 5.92 Å². The van der Waals surface area contributed by atoms with Crippen LogP contribution < -0.4 is 4.74 Å². The first-order chi connectivity index (χ1) is 11.7. The highest BCUT2D eigenvalue weighted by Crippen LogP contribution is 2.37. The Morgan fingerprint density at radius 2 is 1.58 bits per heavy atom. The number of aryl methyl sites for hydroxylation is 1. The van der Waals surface area contributed by atoms with Gasteiger partial charge < -0.3 is 4.74 Å². The molecule has 0 unspecified atom stereocenters. The average molecular weight is 322 g/mol. The SMILES string of the molecule is CCC1CCC(c2ccc(OC(=O)c3ccc(C)cc3)cc2)CC1. The van der Waals surface area contributed by atoms with E-state index in [9.17, 15) is 4.79 Å². The minimum Gasteiger partial charge on any atom is -0.423 e. The standard InChI is InChI=1S/C22H26O2/c1-3-17-6-10-18(11-7-17)19-12-14-21(15-13-19)24-22(23)20-8-4-16(2)5-9-20/h4-5,8-9,12-15,17-18H,3,6-7,10-11H2,1-2H3. The van der Waals surface area contributed by atoms with E-state index < -0.39 is 0 Å². The first kappa shape index (κ1) is 16.8. The number of carbonyl (C=O) groups is 1. The lowest BCUT2D eigenvalue weighted by Crippen LogP contribution is -2.12. The highest BCUT2D eigenvalue weighted by Gasteiger charge is 2.21. The van der Waals surface area contributed by atoms with E-state index in [0.29, 0.717) is 17.2 Å². The van der Waals surface area contributed by atoms with Gasteiger partial charge >= 0.3 is 5.97 Å². The maximum atomic E-state index is 12.2. The van der Waals surface area contributed by atoms with E-state index in [1.807, 2.05) is 31.2 Å². The van der Waals surface area contributed by atoms with Gasteiger partial charge in [0, 0.05) is 0 Å². The van der Waals surface area contributed by atoms with Crippen LogP contribution in [0.5, 0.6) is 5.75 Å². The molecule has 126 valence electrons. The number of rotatable bonds is 4. The molecule has 0 bridgehead atoms. The van der Waals surface area contributed by atoms with Gasteiger partial charge in [-0.05, 0) is 74.3 Å². The van der Waals surface area contributed by atoms with Gasteiger partial charge in [0.15, 0.2) is 0 Å². The Morgan fingerprint density at radius 1 is 0.958 bits per heavy atom. The Hall–Kier alpha value is -2.09. The summed E-state index contributed by atoms with van der Waals surface area (Å²) in [5, 5.41) is 0. The van der Waals surface area contributed by atoms with Crippen molar-refractivity contribution >= 4 is 5.97 Å². The molecule has 2 aromatic rings. The van der Waals surface area contributed by atoms with Crippen molar-refractivity contribution in [1.82, 2.24) is 0 Å². The topological polar surface area (TPSA) is 26.3 Å². The van der Waals surface area contributed by atoms with Gasteiger partial charge in [0.1, 0.15) is 5.75 Å². The molecule has 2 heteroatoms. The monoisotopic (exact) mass is 322 g/mol. The Morgan fingerprint density at radius 3 is 2.17 bits per heavy atom. The summed E-state index contributed by atoms with van der Waals surface area (Å²) in [6.07, 6.45) is 6.54. The molecule has 0 saturated heterocycles. The number of benzene rings is 2. The van der Waals surface area contributed by atoms with Crippen LogP contribution in [0.3, 0.4) is 0 Å². The molecule has 1 aliphatic rings. The van der Waals surface area contributed by atoms with Gasteiger partial charge in [-0.2, -0.15) is 0 Å². The molecule has 0 N–H and O–H groups in total. The van der Waals surface area contributed by atoms with E-state index in [-0.39, 0.29) is 5.97 Å². The predicted molar refractivity (Wildman–Crippen MR) is 97.6 cm³/mol. The summed E-state index contributed by atoms with van der Waals surface area (Å²) in [5.41, 5.74) is 3.09. The highest BCUT2D eigenvalue weighted by atomic mass is 16.5. The van der Waals surface area contributed by atoms with Crippen LogP contribution in [0.4, 0.5) is 0 Å². The molecule has 0 amide bonds. The molecule has 1 aliphatic carbocycles. The number of esters is 1. The molecule has 1 saturated carbocycles. The average Bonchev–Trinajstić information content (AvgIpc) is 2.63. The number of ether oxygens (including phenoxy) is 1. The van der Waals surface area contributed by atoms with Gasteiger partial charge in [-0.3, -0.25) is 0 Å². The number of hydrogen-bond acceptors (Lipinski definition) is 2. The number of hydrogen-bond donors (Lipinski definition) is 0. The van der Waals surface area contributed by atoms with Crippen molar-refractivity contribution < 1.29 is 9.53 Å². The molecular formula is C22H26O2. The molecule has 0 radical (unpaired) electrons. The van der Waals surface area contributed by atoms with Crippen LogP contribution in [0, 0.1) is 12.8 Å². The quantitative estimate of drug-likeness (QED) is 0.517. The van der Waals surface area contributed by atoms with Crippen molar-refractivity contribution in [3.05, 3.63) is 65.2 Å². The van der Waals surface area contributed by atoms with Gasteiger partial charge in [0.2, 0.25) is 0 Å². The lowest BCUT2D eigenvalue weighted by molar-refractivity contribution is 0.0734. The molecule has 24 heavy (non-hydrogen) atoms. The Balaban J connectivity index is 1.60. The maximum Gasteiger partial charge on any atom is 0.343 e. The van der Waals surface area contributed by atoms with Crippen LogP contribution in [0.1, 0.15) is 66.4 Å². The predicted octanol–water partition coefficient (Wildman–Crippen LogP) is 5.90. The maximum absolute atomic E-state index is 12.2. The normalized spacial score (nSPS) is 20.6. The summed E-state index contributed by atoms with van der Waals surface area (Å²) in [6.45, 7) is 4.30.